The average molecular weight is 328 g/mol. The number of hydrogen-bond acceptors (Lipinski definition) is 3. The van der Waals surface area contributed by atoms with Gasteiger partial charge in [-0.25, -0.2) is 0 Å². The highest BCUT2D eigenvalue weighted by atomic mass is 16.1. The number of likely N-dealkylation sites (N-methyl/N-ethyl adjacent to an activating group) is 1. The molecule has 3 rings (SSSR count). The number of H-pyrrole nitrogens is 1. The number of benzene rings is 1. The Balaban J connectivity index is 1.43. The third kappa shape index (κ3) is 4.16. The van der Waals surface area contributed by atoms with Gasteiger partial charge in [-0.15, -0.1) is 0 Å². The largest absolute Gasteiger partial charge is 0.358 e. The first kappa shape index (κ1) is 17.0. The number of carbonyl (C=O) groups excluding carboxylic acids is 1. The summed E-state index contributed by atoms with van der Waals surface area (Å²) in [7, 11) is 2.17. The van der Waals surface area contributed by atoms with Crippen molar-refractivity contribution in [3.8, 4) is 0 Å². The predicted molar refractivity (Wildman–Crippen MR) is 98.3 cm³/mol. The van der Waals surface area contributed by atoms with Gasteiger partial charge in [0.15, 0.2) is 0 Å². The molecular formula is C19H28N4O. The van der Waals surface area contributed by atoms with E-state index in [1.54, 1.807) is 0 Å². The van der Waals surface area contributed by atoms with E-state index in [0.29, 0.717) is 6.42 Å². The lowest BCUT2D eigenvalue weighted by atomic mass is 10.1. The Morgan fingerprint density at radius 2 is 1.96 bits per heavy atom. The molecule has 5 nitrogen and oxygen atoms in total. The summed E-state index contributed by atoms with van der Waals surface area (Å²) in [5, 5.41) is 4.23. The van der Waals surface area contributed by atoms with Crippen molar-refractivity contribution >= 4 is 16.8 Å². The number of carbonyl (C=O) groups is 1. The van der Waals surface area contributed by atoms with Crippen LogP contribution in [0.25, 0.3) is 10.9 Å². The molecule has 5 heteroatoms. The van der Waals surface area contributed by atoms with Crippen molar-refractivity contribution in [2.24, 2.45) is 0 Å². The highest BCUT2D eigenvalue weighted by Gasteiger charge is 2.14. The van der Waals surface area contributed by atoms with Gasteiger partial charge in [0.25, 0.3) is 0 Å². The summed E-state index contributed by atoms with van der Waals surface area (Å²) in [6.07, 6.45) is 1.46. The van der Waals surface area contributed by atoms with Gasteiger partial charge >= 0.3 is 0 Å². The van der Waals surface area contributed by atoms with E-state index in [2.05, 4.69) is 39.3 Å². The summed E-state index contributed by atoms with van der Waals surface area (Å²) in [5.41, 5.74) is 3.30. The van der Waals surface area contributed by atoms with E-state index < -0.39 is 0 Å². The van der Waals surface area contributed by atoms with E-state index in [1.165, 1.54) is 0 Å². The van der Waals surface area contributed by atoms with Crippen LogP contribution in [0, 0.1) is 6.92 Å². The van der Waals surface area contributed by atoms with Crippen LogP contribution in [0.1, 0.15) is 17.7 Å². The second-order valence-corrected chi connectivity index (χ2v) is 6.80. The maximum atomic E-state index is 12.3. The fourth-order valence-electron chi connectivity index (χ4n) is 3.39. The van der Waals surface area contributed by atoms with Crippen LogP contribution in [0.4, 0.5) is 0 Å². The quantitative estimate of drug-likeness (QED) is 0.795. The molecule has 1 aromatic heterocycles. The van der Waals surface area contributed by atoms with Gasteiger partial charge < -0.3 is 20.1 Å². The van der Waals surface area contributed by atoms with Crippen LogP contribution in [0.15, 0.2) is 24.3 Å². The van der Waals surface area contributed by atoms with Crippen molar-refractivity contribution in [1.82, 2.24) is 20.1 Å². The number of nitrogens with one attached hydrogen (secondary N) is 2. The number of aromatic nitrogens is 1. The van der Waals surface area contributed by atoms with Gasteiger partial charge in [0.2, 0.25) is 5.91 Å². The standard InChI is InChI=1S/C19H28N4O/c1-15-17(16-6-3-4-7-18(16)21-15)14-19(24)20-8-5-9-23-12-10-22(2)11-13-23/h3-4,6-7,21H,5,8-14H2,1-2H3,(H,20,24). The Hall–Kier alpha value is -1.85. The molecule has 0 aliphatic carbocycles. The third-order valence-corrected chi connectivity index (χ3v) is 4.93. The Bertz CT molecular complexity index is 686. The number of aromatic amines is 1. The zero-order chi connectivity index (χ0) is 16.9. The number of rotatable bonds is 6. The fraction of sp³-hybridized carbons (Fsp3) is 0.526. The third-order valence-electron chi connectivity index (χ3n) is 4.93. The number of para-hydroxylation sites is 1. The van der Waals surface area contributed by atoms with Crippen LogP contribution in [-0.2, 0) is 11.2 Å². The van der Waals surface area contributed by atoms with Gasteiger partial charge in [-0.05, 0) is 38.6 Å². The molecule has 0 bridgehead atoms. The van der Waals surface area contributed by atoms with E-state index in [9.17, 15) is 4.79 Å². The van der Waals surface area contributed by atoms with Gasteiger partial charge in [-0.3, -0.25) is 4.79 Å². The van der Waals surface area contributed by atoms with Crippen LogP contribution >= 0.6 is 0 Å². The molecule has 0 spiro atoms. The molecule has 1 aromatic carbocycles. The molecule has 1 aliphatic rings. The summed E-state index contributed by atoms with van der Waals surface area (Å²) in [5.74, 6) is 0.112. The zero-order valence-corrected chi connectivity index (χ0v) is 14.8. The van der Waals surface area contributed by atoms with Crippen molar-refractivity contribution in [2.45, 2.75) is 19.8 Å². The Morgan fingerprint density at radius 1 is 1.21 bits per heavy atom. The number of nitrogens with zero attached hydrogens (tertiary/aromatic N) is 2. The van der Waals surface area contributed by atoms with Crippen LogP contribution < -0.4 is 5.32 Å². The van der Waals surface area contributed by atoms with Crippen molar-refractivity contribution in [1.29, 1.82) is 0 Å². The molecule has 1 fully saturated rings. The smallest absolute Gasteiger partial charge is 0.224 e. The first-order valence-electron chi connectivity index (χ1n) is 8.87. The number of fused-ring (bicyclic) bond motifs is 1. The first-order valence-corrected chi connectivity index (χ1v) is 8.87. The molecule has 2 heterocycles. The molecule has 0 saturated carbocycles. The number of piperazine rings is 1. The molecule has 130 valence electrons. The van der Waals surface area contributed by atoms with Gasteiger partial charge in [0.05, 0.1) is 6.42 Å². The monoisotopic (exact) mass is 328 g/mol. The van der Waals surface area contributed by atoms with Gasteiger partial charge in [-0.2, -0.15) is 0 Å². The second kappa shape index (κ2) is 7.81. The van der Waals surface area contributed by atoms with Gasteiger partial charge in [-0.1, -0.05) is 18.2 Å². The minimum absolute atomic E-state index is 0.112. The van der Waals surface area contributed by atoms with Crippen molar-refractivity contribution in [3.05, 3.63) is 35.5 Å². The zero-order valence-electron chi connectivity index (χ0n) is 14.8. The summed E-state index contributed by atoms with van der Waals surface area (Å²) < 4.78 is 0. The Kier molecular flexibility index (Phi) is 5.53. The first-order chi connectivity index (χ1) is 11.6. The minimum Gasteiger partial charge on any atom is -0.358 e. The van der Waals surface area contributed by atoms with Crippen LogP contribution in [-0.4, -0.2) is 67.0 Å². The van der Waals surface area contributed by atoms with E-state index in [1.807, 2.05) is 19.1 Å². The molecule has 1 saturated heterocycles. The molecule has 1 aliphatic heterocycles. The topological polar surface area (TPSA) is 51.4 Å². The molecule has 0 unspecified atom stereocenters. The molecule has 0 atom stereocenters. The van der Waals surface area contributed by atoms with Crippen LogP contribution in [0.5, 0.6) is 0 Å². The maximum Gasteiger partial charge on any atom is 0.224 e. The highest BCUT2D eigenvalue weighted by Crippen LogP contribution is 2.22. The summed E-state index contributed by atoms with van der Waals surface area (Å²) in [6.45, 7) is 8.43. The van der Waals surface area contributed by atoms with Gasteiger partial charge in [0, 0.05) is 49.3 Å². The van der Waals surface area contributed by atoms with Crippen LogP contribution in [0.2, 0.25) is 0 Å². The normalized spacial score (nSPS) is 16.6. The second-order valence-electron chi connectivity index (χ2n) is 6.80. The Morgan fingerprint density at radius 3 is 2.75 bits per heavy atom. The number of amides is 1. The van der Waals surface area contributed by atoms with E-state index in [0.717, 1.165) is 67.8 Å². The summed E-state index contributed by atoms with van der Waals surface area (Å²) >= 11 is 0. The lowest BCUT2D eigenvalue weighted by Crippen LogP contribution is -2.45. The minimum atomic E-state index is 0.112. The van der Waals surface area contributed by atoms with Crippen molar-refractivity contribution in [2.75, 3.05) is 46.3 Å². The molecular weight excluding hydrogens is 300 g/mol. The lowest BCUT2D eigenvalue weighted by molar-refractivity contribution is -0.120. The maximum absolute atomic E-state index is 12.3. The number of aryl methyl sites for hydroxylation is 1. The molecule has 0 radical (unpaired) electrons. The number of hydrogen-bond donors (Lipinski definition) is 2. The van der Waals surface area contributed by atoms with Crippen molar-refractivity contribution in [3.63, 3.8) is 0 Å². The van der Waals surface area contributed by atoms with Crippen molar-refractivity contribution < 1.29 is 4.79 Å². The summed E-state index contributed by atoms with van der Waals surface area (Å²) in [6, 6.07) is 8.17. The van der Waals surface area contributed by atoms with E-state index >= 15 is 0 Å². The molecule has 2 aromatic rings. The van der Waals surface area contributed by atoms with E-state index in [4.69, 9.17) is 0 Å². The van der Waals surface area contributed by atoms with Crippen LogP contribution in [0.3, 0.4) is 0 Å². The fourth-order valence-corrected chi connectivity index (χ4v) is 3.39. The molecule has 2 N–H and O–H groups in total. The van der Waals surface area contributed by atoms with E-state index in [-0.39, 0.29) is 5.91 Å². The molecule has 1 amide bonds. The predicted octanol–water partition coefficient (Wildman–Crippen LogP) is 1.77. The molecule has 24 heavy (non-hydrogen) atoms. The highest BCUT2D eigenvalue weighted by molar-refractivity contribution is 5.90. The van der Waals surface area contributed by atoms with Gasteiger partial charge in [0.1, 0.15) is 0 Å². The lowest BCUT2D eigenvalue weighted by Gasteiger charge is -2.32. The Labute approximate surface area is 144 Å². The summed E-state index contributed by atoms with van der Waals surface area (Å²) in [4.78, 5) is 20.5. The SMILES string of the molecule is Cc1[nH]c2ccccc2c1CC(=O)NCCCN1CCN(C)CC1. The average Bonchev–Trinajstić information content (AvgIpc) is 2.89.